The fourth-order valence-electron chi connectivity index (χ4n) is 0.720. The molecule has 1 atom stereocenters. The molecule has 12 heavy (non-hydrogen) atoms. The van der Waals surface area contributed by atoms with E-state index in [4.69, 9.17) is 5.11 Å². The fourth-order valence-corrected chi connectivity index (χ4v) is 1.97. The molecule has 68 valence electrons. The first-order valence-electron chi connectivity index (χ1n) is 3.60. The van der Waals surface area contributed by atoms with Crippen LogP contribution in [0.15, 0.2) is 9.98 Å². The number of likely N-dealkylation sites (N-methyl/N-ethyl adjacent to an activating group) is 1. The highest BCUT2D eigenvalue weighted by molar-refractivity contribution is 9.11. The van der Waals surface area contributed by atoms with Crippen molar-refractivity contribution >= 4 is 32.4 Å². The number of thiazole rings is 1. The first kappa shape index (κ1) is 9.95. The Morgan fingerprint density at radius 3 is 2.92 bits per heavy atom. The van der Waals surface area contributed by atoms with Gasteiger partial charge in [-0.3, -0.25) is 0 Å². The van der Waals surface area contributed by atoms with Crippen LogP contribution in [0, 0.1) is 0 Å². The molecule has 1 aromatic rings. The van der Waals surface area contributed by atoms with Gasteiger partial charge >= 0.3 is 0 Å². The number of hydrogen-bond donors (Lipinski definition) is 1. The Morgan fingerprint density at radius 2 is 2.50 bits per heavy atom. The Bertz CT molecular complexity index is 253. The van der Waals surface area contributed by atoms with Crippen LogP contribution < -0.4 is 4.90 Å². The van der Waals surface area contributed by atoms with Gasteiger partial charge in [-0.15, -0.1) is 0 Å². The second kappa shape index (κ2) is 4.20. The minimum Gasteiger partial charge on any atom is -0.394 e. The molecule has 0 radical (unpaired) electrons. The second-order valence-corrected chi connectivity index (χ2v) is 4.98. The SMILES string of the molecule is CC(CO)N(C)c1ncc(Br)s1. The van der Waals surface area contributed by atoms with Crippen molar-refractivity contribution in [2.75, 3.05) is 18.6 Å². The molecule has 0 aromatic carbocycles. The summed E-state index contributed by atoms with van der Waals surface area (Å²) in [5, 5.41) is 9.82. The molecule has 0 amide bonds. The molecule has 0 saturated carbocycles. The average Bonchev–Trinajstić information content (AvgIpc) is 2.49. The topological polar surface area (TPSA) is 36.4 Å². The van der Waals surface area contributed by atoms with Gasteiger partial charge in [-0.1, -0.05) is 11.3 Å². The van der Waals surface area contributed by atoms with Crippen molar-refractivity contribution in [3.05, 3.63) is 9.98 Å². The third-order valence-corrected chi connectivity index (χ3v) is 3.26. The van der Waals surface area contributed by atoms with E-state index in [9.17, 15) is 0 Å². The zero-order valence-electron chi connectivity index (χ0n) is 6.99. The zero-order valence-corrected chi connectivity index (χ0v) is 9.39. The van der Waals surface area contributed by atoms with E-state index in [-0.39, 0.29) is 12.6 Å². The van der Waals surface area contributed by atoms with Gasteiger partial charge in [-0.25, -0.2) is 4.98 Å². The highest BCUT2D eigenvalue weighted by Gasteiger charge is 2.11. The molecule has 0 fully saturated rings. The van der Waals surface area contributed by atoms with Crippen LogP contribution >= 0.6 is 27.3 Å². The Balaban J connectivity index is 2.70. The predicted octanol–water partition coefficient (Wildman–Crippen LogP) is 1.72. The van der Waals surface area contributed by atoms with Gasteiger partial charge in [-0.05, 0) is 22.9 Å². The van der Waals surface area contributed by atoms with Gasteiger partial charge in [0.15, 0.2) is 5.13 Å². The number of aromatic nitrogens is 1. The molecule has 1 rings (SSSR count). The highest BCUT2D eigenvalue weighted by atomic mass is 79.9. The molecular formula is C7H11BrN2OS. The van der Waals surface area contributed by atoms with Gasteiger partial charge < -0.3 is 10.0 Å². The van der Waals surface area contributed by atoms with Gasteiger partial charge in [0.25, 0.3) is 0 Å². The van der Waals surface area contributed by atoms with Crippen LogP contribution in [0.5, 0.6) is 0 Å². The molecule has 0 bridgehead atoms. The molecule has 1 aromatic heterocycles. The van der Waals surface area contributed by atoms with E-state index in [2.05, 4.69) is 20.9 Å². The average molecular weight is 251 g/mol. The lowest BCUT2D eigenvalue weighted by atomic mass is 10.3. The van der Waals surface area contributed by atoms with Gasteiger partial charge in [0.2, 0.25) is 0 Å². The van der Waals surface area contributed by atoms with E-state index in [0.29, 0.717) is 0 Å². The number of hydrogen-bond acceptors (Lipinski definition) is 4. The van der Waals surface area contributed by atoms with Crippen LogP contribution in [-0.2, 0) is 0 Å². The summed E-state index contributed by atoms with van der Waals surface area (Å²) in [6, 6.07) is 0.114. The van der Waals surface area contributed by atoms with Crippen LogP contribution in [0.4, 0.5) is 5.13 Å². The number of rotatable bonds is 3. The maximum Gasteiger partial charge on any atom is 0.186 e. The largest absolute Gasteiger partial charge is 0.394 e. The number of nitrogens with zero attached hydrogens (tertiary/aromatic N) is 2. The van der Waals surface area contributed by atoms with Crippen molar-refractivity contribution in [1.29, 1.82) is 0 Å². The van der Waals surface area contributed by atoms with Crippen molar-refractivity contribution in [3.8, 4) is 0 Å². The molecule has 0 spiro atoms. The Morgan fingerprint density at radius 1 is 1.83 bits per heavy atom. The minimum atomic E-state index is 0.114. The fraction of sp³-hybridized carbons (Fsp3) is 0.571. The van der Waals surface area contributed by atoms with Gasteiger partial charge in [0.05, 0.1) is 22.6 Å². The molecule has 1 heterocycles. The van der Waals surface area contributed by atoms with E-state index < -0.39 is 0 Å². The molecular weight excluding hydrogens is 240 g/mol. The van der Waals surface area contributed by atoms with E-state index in [1.54, 1.807) is 17.5 Å². The quantitative estimate of drug-likeness (QED) is 0.888. The predicted molar refractivity (Wildman–Crippen MR) is 54.8 cm³/mol. The van der Waals surface area contributed by atoms with Gasteiger partial charge in [0, 0.05) is 7.05 Å². The van der Waals surface area contributed by atoms with Crippen molar-refractivity contribution in [2.24, 2.45) is 0 Å². The Hall–Kier alpha value is -0.130. The Kier molecular flexibility index (Phi) is 3.49. The molecule has 0 aliphatic carbocycles. The van der Waals surface area contributed by atoms with Crippen LogP contribution in [0.3, 0.4) is 0 Å². The van der Waals surface area contributed by atoms with Gasteiger partial charge in [0.1, 0.15) is 0 Å². The molecule has 0 saturated heterocycles. The summed E-state index contributed by atoms with van der Waals surface area (Å²) in [6.45, 7) is 2.10. The van der Waals surface area contributed by atoms with E-state index in [1.807, 2.05) is 18.9 Å². The standard InChI is InChI=1S/C7H11BrN2OS/c1-5(4-11)10(2)7-9-3-6(8)12-7/h3,5,11H,4H2,1-2H3. The van der Waals surface area contributed by atoms with E-state index in [0.717, 1.165) is 8.92 Å². The van der Waals surface area contributed by atoms with Gasteiger partial charge in [-0.2, -0.15) is 0 Å². The second-order valence-electron chi connectivity index (χ2n) is 2.59. The monoisotopic (exact) mass is 250 g/mol. The lowest BCUT2D eigenvalue weighted by molar-refractivity contribution is 0.270. The van der Waals surface area contributed by atoms with E-state index in [1.165, 1.54) is 0 Å². The third kappa shape index (κ3) is 2.18. The highest BCUT2D eigenvalue weighted by Crippen LogP contribution is 2.26. The summed E-state index contributed by atoms with van der Waals surface area (Å²) >= 11 is 4.90. The summed E-state index contributed by atoms with van der Waals surface area (Å²) in [5.41, 5.74) is 0. The summed E-state index contributed by atoms with van der Waals surface area (Å²) in [4.78, 5) is 6.12. The molecule has 0 aliphatic rings. The summed E-state index contributed by atoms with van der Waals surface area (Å²) < 4.78 is 1.01. The maximum absolute atomic E-state index is 8.90. The summed E-state index contributed by atoms with van der Waals surface area (Å²) in [6.07, 6.45) is 1.76. The lowest BCUT2D eigenvalue weighted by Gasteiger charge is -2.21. The van der Waals surface area contributed by atoms with Crippen molar-refractivity contribution in [3.63, 3.8) is 0 Å². The number of anilines is 1. The molecule has 0 aliphatic heterocycles. The van der Waals surface area contributed by atoms with Crippen LogP contribution in [0.2, 0.25) is 0 Å². The smallest absolute Gasteiger partial charge is 0.186 e. The number of halogens is 1. The zero-order chi connectivity index (χ0) is 9.14. The molecule has 3 nitrogen and oxygen atoms in total. The summed E-state index contributed by atoms with van der Waals surface area (Å²) in [7, 11) is 1.92. The number of aliphatic hydroxyl groups excluding tert-OH is 1. The van der Waals surface area contributed by atoms with Crippen LogP contribution in [0.25, 0.3) is 0 Å². The molecule has 1 N–H and O–H groups in total. The third-order valence-electron chi connectivity index (χ3n) is 1.69. The Labute approximate surface area is 84.2 Å². The minimum absolute atomic E-state index is 0.114. The van der Waals surface area contributed by atoms with E-state index >= 15 is 0 Å². The first-order valence-corrected chi connectivity index (χ1v) is 5.21. The maximum atomic E-state index is 8.90. The van der Waals surface area contributed by atoms with Crippen molar-refractivity contribution in [1.82, 2.24) is 4.98 Å². The van der Waals surface area contributed by atoms with Crippen molar-refractivity contribution in [2.45, 2.75) is 13.0 Å². The van der Waals surface area contributed by atoms with Crippen LogP contribution in [-0.4, -0.2) is 29.8 Å². The van der Waals surface area contributed by atoms with Crippen LogP contribution in [0.1, 0.15) is 6.92 Å². The van der Waals surface area contributed by atoms with Crippen molar-refractivity contribution < 1.29 is 5.11 Å². The molecule has 1 unspecified atom stereocenters. The lowest BCUT2D eigenvalue weighted by Crippen LogP contribution is -2.31. The molecule has 5 heteroatoms. The first-order chi connectivity index (χ1) is 5.65. The normalized spacial score (nSPS) is 13.0. The number of aliphatic hydroxyl groups is 1. The summed E-state index contributed by atoms with van der Waals surface area (Å²) in [5.74, 6) is 0.